The molecule has 1 unspecified atom stereocenters. The van der Waals surface area contributed by atoms with Gasteiger partial charge in [-0.1, -0.05) is 23.8 Å². The summed E-state index contributed by atoms with van der Waals surface area (Å²) < 4.78 is 18.8. The van der Waals surface area contributed by atoms with Crippen molar-refractivity contribution in [2.75, 3.05) is 27.7 Å². The Balaban J connectivity index is 2.04. The zero-order chi connectivity index (χ0) is 19.1. The quantitative estimate of drug-likeness (QED) is 0.771. The molecule has 5 heteroatoms. The molecule has 0 radical (unpaired) electrons. The number of methoxy groups -OCH3 is 1. The third-order valence-corrected chi connectivity index (χ3v) is 4.13. The number of likely N-dealkylation sites (N-methyl/N-ethyl adjacent to an activating group) is 1. The molecular weight excluding hydrogens is 331 g/mol. The number of carbonyl (C=O) groups excluding carboxylic acids is 1. The average Bonchev–Trinajstić information content (AvgIpc) is 2.60. The maximum Gasteiger partial charge on any atom is 0.244 e. The van der Waals surface area contributed by atoms with E-state index in [0.29, 0.717) is 12.3 Å². The van der Waals surface area contributed by atoms with Gasteiger partial charge in [0.2, 0.25) is 5.91 Å². The zero-order valence-corrected chi connectivity index (χ0v) is 15.6. The van der Waals surface area contributed by atoms with Crippen molar-refractivity contribution in [1.82, 2.24) is 10.2 Å². The lowest BCUT2D eigenvalue weighted by Crippen LogP contribution is -2.33. The van der Waals surface area contributed by atoms with E-state index in [-0.39, 0.29) is 17.8 Å². The first-order valence-electron chi connectivity index (χ1n) is 8.43. The molecule has 0 spiro atoms. The van der Waals surface area contributed by atoms with Crippen LogP contribution in [-0.4, -0.2) is 38.6 Å². The zero-order valence-electron chi connectivity index (χ0n) is 15.6. The van der Waals surface area contributed by atoms with Crippen LogP contribution in [0.3, 0.4) is 0 Å². The molecule has 2 rings (SSSR count). The molecule has 26 heavy (non-hydrogen) atoms. The molecule has 0 saturated carbocycles. The van der Waals surface area contributed by atoms with Gasteiger partial charge in [-0.25, -0.2) is 4.39 Å². The summed E-state index contributed by atoms with van der Waals surface area (Å²) in [6.45, 7) is 2.36. The molecule has 0 heterocycles. The molecule has 0 saturated heterocycles. The van der Waals surface area contributed by atoms with Gasteiger partial charge in [0.05, 0.1) is 13.2 Å². The number of amides is 1. The Morgan fingerprint density at radius 2 is 2.04 bits per heavy atom. The van der Waals surface area contributed by atoms with Crippen molar-refractivity contribution in [3.63, 3.8) is 0 Å². The first-order valence-corrected chi connectivity index (χ1v) is 8.43. The Morgan fingerprint density at radius 3 is 2.69 bits per heavy atom. The highest BCUT2D eigenvalue weighted by Crippen LogP contribution is 2.21. The predicted octanol–water partition coefficient (Wildman–Crippen LogP) is 3.58. The van der Waals surface area contributed by atoms with E-state index in [1.165, 1.54) is 18.2 Å². The van der Waals surface area contributed by atoms with Crippen LogP contribution >= 0.6 is 0 Å². The summed E-state index contributed by atoms with van der Waals surface area (Å²) in [6, 6.07) is 12.1. The van der Waals surface area contributed by atoms with E-state index in [1.807, 2.05) is 50.2 Å². The molecule has 4 nitrogen and oxygen atoms in total. The molecule has 0 aliphatic rings. The molecule has 1 N–H and O–H groups in total. The number of rotatable bonds is 7. The van der Waals surface area contributed by atoms with E-state index >= 15 is 0 Å². The molecule has 0 bridgehead atoms. The van der Waals surface area contributed by atoms with E-state index in [4.69, 9.17) is 4.74 Å². The molecule has 2 aromatic rings. The smallest absolute Gasteiger partial charge is 0.244 e. The van der Waals surface area contributed by atoms with Gasteiger partial charge in [-0.3, -0.25) is 4.79 Å². The van der Waals surface area contributed by atoms with Gasteiger partial charge in [0.1, 0.15) is 11.6 Å². The molecular formula is C21H25FN2O2. The maximum atomic E-state index is 13.5. The van der Waals surface area contributed by atoms with Crippen molar-refractivity contribution in [2.24, 2.45) is 0 Å². The van der Waals surface area contributed by atoms with E-state index in [0.717, 1.165) is 16.7 Å². The SMILES string of the molecule is COc1ccc(C)cc1/C=C/C(=O)NCC(c1cccc(F)c1)N(C)C. The van der Waals surface area contributed by atoms with Crippen LogP contribution in [0, 0.1) is 12.7 Å². The van der Waals surface area contributed by atoms with Crippen molar-refractivity contribution in [3.05, 3.63) is 71.0 Å². The summed E-state index contributed by atoms with van der Waals surface area (Å²) >= 11 is 0. The molecule has 0 aliphatic carbocycles. The fourth-order valence-electron chi connectivity index (χ4n) is 2.72. The van der Waals surface area contributed by atoms with Gasteiger partial charge in [0.15, 0.2) is 0 Å². The molecule has 138 valence electrons. The number of hydrogen-bond acceptors (Lipinski definition) is 3. The molecule has 0 aliphatic heterocycles. The number of halogens is 1. The Labute approximate surface area is 154 Å². The number of nitrogens with one attached hydrogen (secondary N) is 1. The van der Waals surface area contributed by atoms with Gasteiger partial charge in [0.25, 0.3) is 0 Å². The molecule has 1 atom stereocenters. The lowest BCUT2D eigenvalue weighted by Gasteiger charge is -2.25. The van der Waals surface area contributed by atoms with Gasteiger partial charge in [-0.15, -0.1) is 0 Å². The van der Waals surface area contributed by atoms with Crippen LogP contribution in [0.25, 0.3) is 6.08 Å². The number of aryl methyl sites for hydroxylation is 1. The molecule has 0 fully saturated rings. The van der Waals surface area contributed by atoms with Gasteiger partial charge in [0, 0.05) is 18.2 Å². The van der Waals surface area contributed by atoms with Crippen LogP contribution in [0.5, 0.6) is 5.75 Å². The molecule has 2 aromatic carbocycles. The Kier molecular flexibility index (Phi) is 6.92. The third-order valence-electron chi connectivity index (χ3n) is 4.13. The van der Waals surface area contributed by atoms with Gasteiger partial charge < -0.3 is 15.0 Å². The summed E-state index contributed by atoms with van der Waals surface area (Å²) in [7, 11) is 5.40. The number of carbonyl (C=O) groups is 1. The fraction of sp³-hybridized carbons (Fsp3) is 0.286. The van der Waals surface area contributed by atoms with Crippen LogP contribution in [0.15, 0.2) is 48.5 Å². The topological polar surface area (TPSA) is 41.6 Å². The van der Waals surface area contributed by atoms with E-state index in [9.17, 15) is 9.18 Å². The standard InChI is InChI=1S/C21H25FN2O2/c1-15-8-10-20(26-4)17(12-15)9-11-21(25)23-14-19(24(2)3)16-6-5-7-18(22)13-16/h5-13,19H,14H2,1-4H3,(H,23,25)/b11-9+. The minimum absolute atomic E-state index is 0.114. The van der Waals surface area contributed by atoms with Crippen molar-refractivity contribution < 1.29 is 13.9 Å². The van der Waals surface area contributed by atoms with Crippen LogP contribution < -0.4 is 10.1 Å². The van der Waals surface area contributed by atoms with E-state index in [1.54, 1.807) is 19.3 Å². The van der Waals surface area contributed by atoms with Crippen molar-refractivity contribution >= 4 is 12.0 Å². The van der Waals surface area contributed by atoms with Crippen LogP contribution in [-0.2, 0) is 4.79 Å². The second-order valence-corrected chi connectivity index (χ2v) is 6.36. The number of nitrogens with zero attached hydrogens (tertiary/aromatic N) is 1. The lowest BCUT2D eigenvalue weighted by molar-refractivity contribution is -0.116. The summed E-state index contributed by atoms with van der Waals surface area (Å²) in [5, 5.41) is 2.87. The highest BCUT2D eigenvalue weighted by atomic mass is 19.1. The Hall–Kier alpha value is -2.66. The minimum atomic E-state index is -0.285. The highest BCUT2D eigenvalue weighted by Gasteiger charge is 2.15. The average molecular weight is 356 g/mol. The van der Waals surface area contributed by atoms with E-state index in [2.05, 4.69) is 5.32 Å². The number of hydrogen-bond donors (Lipinski definition) is 1. The lowest BCUT2D eigenvalue weighted by atomic mass is 10.1. The normalized spacial score (nSPS) is 12.4. The molecule has 0 aromatic heterocycles. The van der Waals surface area contributed by atoms with Crippen LogP contribution in [0.4, 0.5) is 4.39 Å². The van der Waals surface area contributed by atoms with Gasteiger partial charge >= 0.3 is 0 Å². The minimum Gasteiger partial charge on any atom is -0.496 e. The van der Waals surface area contributed by atoms with Gasteiger partial charge in [-0.2, -0.15) is 0 Å². The summed E-state index contributed by atoms with van der Waals surface area (Å²) in [6.07, 6.45) is 3.21. The maximum absolute atomic E-state index is 13.5. The van der Waals surface area contributed by atoms with E-state index < -0.39 is 0 Å². The first-order chi connectivity index (χ1) is 12.4. The summed E-state index contributed by atoms with van der Waals surface area (Å²) in [4.78, 5) is 14.1. The number of ether oxygens (including phenoxy) is 1. The van der Waals surface area contributed by atoms with Gasteiger partial charge in [-0.05, 0) is 56.9 Å². The third kappa shape index (κ3) is 5.43. The molecule has 1 amide bonds. The predicted molar refractivity (Wildman–Crippen MR) is 103 cm³/mol. The summed E-state index contributed by atoms with van der Waals surface area (Å²) in [5.41, 5.74) is 2.75. The second-order valence-electron chi connectivity index (χ2n) is 6.36. The highest BCUT2D eigenvalue weighted by molar-refractivity contribution is 5.92. The van der Waals surface area contributed by atoms with Crippen molar-refractivity contribution in [2.45, 2.75) is 13.0 Å². The van der Waals surface area contributed by atoms with Crippen LogP contribution in [0.1, 0.15) is 22.7 Å². The fourth-order valence-corrected chi connectivity index (χ4v) is 2.72. The summed E-state index contributed by atoms with van der Waals surface area (Å²) in [5.74, 6) is 0.217. The van der Waals surface area contributed by atoms with Crippen LogP contribution in [0.2, 0.25) is 0 Å². The Bertz CT molecular complexity index is 787. The largest absolute Gasteiger partial charge is 0.496 e. The van der Waals surface area contributed by atoms with Crippen molar-refractivity contribution in [1.29, 1.82) is 0 Å². The second kappa shape index (κ2) is 9.15. The Morgan fingerprint density at radius 1 is 1.27 bits per heavy atom. The first kappa shape index (κ1) is 19.7. The monoisotopic (exact) mass is 356 g/mol. The van der Waals surface area contributed by atoms with Crippen molar-refractivity contribution in [3.8, 4) is 5.75 Å². The number of benzene rings is 2.